The maximum Gasteiger partial charge on any atom is 0.0897 e. The third kappa shape index (κ3) is 3.54. The van der Waals surface area contributed by atoms with Gasteiger partial charge < -0.3 is 10.4 Å². The smallest absolute Gasteiger partial charge is 0.0897 e. The summed E-state index contributed by atoms with van der Waals surface area (Å²) in [5.74, 6) is 0. The van der Waals surface area contributed by atoms with Crippen molar-refractivity contribution in [1.82, 2.24) is 10.3 Å². The summed E-state index contributed by atoms with van der Waals surface area (Å²) >= 11 is 1.71. The third-order valence-corrected chi connectivity index (χ3v) is 3.88. The number of aliphatic hydroxyl groups excluding tert-OH is 1. The highest BCUT2D eigenvalue weighted by Crippen LogP contribution is 2.23. The second-order valence-electron chi connectivity index (χ2n) is 4.62. The lowest BCUT2D eigenvalue weighted by molar-refractivity contribution is 0.154. The molecule has 1 heterocycles. The molecule has 2 N–H and O–H groups in total. The van der Waals surface area contributed by atoms with Crippen LogP contribution in [0.1, 0.15) is 49.5 Å². The second-order valence-corrected chi connectivity index (χ2v) is 5.88. The molecule has 2 atom stereocenters. The highest BCUT2D eigenvalue weighted by Gasteiger charge is 2.25. The third-order valence-electron chi connectivity index (χ3n) is 2.78. The van der Waals surface area contributed by atoms with E-state index in [1.54, 1.807) is 11.3 Å². The Morgan fingerprint density at radius 1 is 1.62 bits per heavy atom. The fourth-order valence-corrected chi connectivity index (χ4v) is 2.71. The normalized spacial score (nSPS) is 17.1. The number of thiazole rings is 1. The van der Waals surface area contributed by atoms with Gasteiger partial charge in [0.25, 0.3) is 0 Å². The van der Waals surface area contributed by atoms with Gasteiger partial charge in [-0.3, -0.25) is 0 Å². The highest BCUT2D eigenvalue weighted by atomic mass is 32.1. The number of nitrogens with zero attached hydrogens (tertiary/aromatic N) is 1. The van der Waals surface area contributed by atoms with Gasteiger partial charge in [-0.1, -0.05) is 13.3 Å². The minimum atomic E-state index is -0.188. The number of hydrogen-bond acceptors (Lipinski definition) is 4. The molecule has 0 spiro atoms. The van der Waals surface area contributed by atoms with E-state index in [2.05, 4.69) is 31.1 Å². The van der Waals surface area contributed by atoms with Gasteiger partial charge in [-0.25, -0.2) is 4.98 Å². The van der Waals surface area contributed by atoms with Crippen LogP contribution >= 0.6 is 11.3 Å². The molecular weight excluding hydrogens is 220 g/mol. The van der Waals surface area contributed by atoms with Gasteiger partial charge in [-0.05, 0) is 27.2 Å². The van der Waals surface area contributed by atoms with Gasteiger partial charge in [0.1, 0.15) is 0 Å². The number of nitrogens with one attached hydrogen (secondary N) is 1. The van der Waals surface area contributed by atoms with Crippen molar-refractivity contribution in [3.63, 3.8) is 0 Å². The van der Waals surface area contributed by atoms with Crippen LogP contribution < -0.4 is 5.32 Å². The molecular formula is C12H22N2OS. The molecule has 0 saturated heterocycles. The molecule has 0 aliphatic carbocycles. The Labute approximate surface area is 102 Å². The van der Waals surface area contributed by atoms with E-state index < -0.39 is 0 Å². The number of hydrogen-bond donors (Lipinski definition) is 2. The molecule has 16 heavy (non-hydrogen) atoms. The van der Waals surface area contributed by atoms with Crippen molar-refractivity contribution < 1.29 is 5.11 Å². The first-order chi connectivity index (χ1) is 7.50. The van der Waals surface area contributed by atoms with Crippen LogP contribution in [0.4, 0.5) is 0 Å². The van der Waals surface area contributed by atoms with Crippen LogP contribution in [0.3, 0.4) is 0 Å². The first-order valence-corrected chi connectivity index (χ1v) is 6.63. The number of aryl methyl sites for hydroxylation is 1. The first-order valence-electron chi connectivity index (χ1n) is 5.81. The summed E-state index contributed by atoms with van der Waals surface area (Å²) in [5.41, 5.74) is -0.188. The molecule has 1 aromatic rings. The number of aromatic nitrogens is 1. The van der Waals surface area contributed by atoms with Gasteiger partial charge in [0, 0.05) is 22.7 Å². The fourth-order valence-electron chi connectivity index (χ4n) is 1.92. The minimum absolute atomic E-state index is 0.170. The Balaban J connectivity index is 2.65. The number of rotatable bonds is 6. The van der Waals surface area contributed by atoms with Crippen LogP contribution in [0.2, 0.25) is 0 Å². The largest absolute Gasteiger partial charge is 0.394 e. The molecule has 1 rings (SSSR count). The Morgan fingerprint density at radius 2 is 2.31 bits per heavy atom. The van der Waals surface area contributed by atoms with E-state index >= 15 is 0 Å². The van der Waals surface area contributed by atoms with Gasteiger partial charge in [0.15, 0.2) is 0 Å². The van der Waals surface area contributed by atoms with Crippen LogP contribution in [-0.2, 0) is 0 Å². The van der Waals surface area contributed by atoms with Gasteiger partial charge >= 0.3 is 0 Å². The van der Waals surface area contributed by atoms with Crippen LogP contribution in [0.25, 0.3) is 0 Å². The SMILES string of the molecule is CCCC(C)(CO)NC(C)c1cnc(C)s1. The molecule has 0 aliphatic heterocycles. The Hall–Kier alpha value is -0.450. The lowest BCUT2D eigenvalue weighted by Gasteiger charge is -2.31. The summed E-state index contributed by atoms with van der Waals surface area (Å²) in [6, 6.07) is 0.245. The summed E-state index contributed by atoms with van der Waals surface area (Å²) in [7, 11) is 0. The van der Waals surface area contributed by atoms with E-state index in [1.807, 2.05) is 13.1 Å². The maximum absolute atomic E-state index is 9.44. The molecule has 4 heteroatoms. The molecule has 1 aromatic heterocycles. The van der Waals surface area contributed by atoms with E-state index in [4.69, 9.17) is 0 Å². The van der Waals surface area contributed by atoms with Crippen molar-refractivity contribution in [2.45, 2.75) is 52.1 Å². The lowest BCUT2D eigenvalue weighted by atomic mass is 9.96. The zero-order valence-electron chi connectivity index (χ0n) is 10.6. The van der Waals surface area contributed by atoms with Gasteiger partial charge in [0.2, 0.25) is 0 Å². The second kappa shape index (κ2) is 5.75. The quantitative estimate of drug-likeness (QED) is 0.806. The molecule has 2 unspecified atom stereocenters. The molecule has 0 radical (unpaired) electrons. The monoisotopic (exact) mass is 242 g/mol. The Bertz CT molecular complexity index is 327. The molecule has 0 fully saturated rings. The zero-order valence-corrected chi connectivity index (χ0v) is 11.4. The Kier molecular flexibility index (Phi) is 4.89. The molecule has 0 bridgehead atoms. The van der Waals surface area contributed by atoms with Crippen LogP contribution in [0.15, 0.2) is 6.20 Å². The summed E-state index contributed by atoms with van der Waals surface area (Å²) in [5, 5.41) is 14.0. The van der Waals surface area contributed by atoms with Crippen LogP contribution in [0, 0.1) is 6.92 Å². The lowest BCUT2D eigenvalue weighted by Crippen LogP contribution is -2.46. The maximum atomic E-state index is 9.44. The van der Waals surface area contributed by atoms with Crippen LogP contribution in [0.5, 0.6) is 0 Å². The fraction of sp³-hybridized carbons (Fsp3) is 0.750. The predicted octanol–water partition coefficient (Wildman–Crippen LogP) is 2.65. The van der Waals surface area contributed by atoms with Crippen molar-refractivity contribution >= 4 is 11.3 Å². The standard InChI is InChI=1S/C12H22N2OS/c1-5-6-12(4,8-15)14-9(2)11-7-13-10(3)16-11/h7,9,14-15H,5-6,8H2,1-4H3. The molecule has 0 amide bonds. The molecule has 0 aromatic carbocycles. The van der Waals surface area contributed by atoms with E-state index in [1.165, 1.54) is 4.88 Å². The van der Waals surface area contributed by atoms with E-state index in [0.29, 0.717) is 0 Å². The van der Waals surface area contributed by atoms with Crippen molar-refractivity contribution in [3.05, 3.63) is 16.1 Å². The van der Waals surface area contributed by atoms with E-state index in [-0.39, 0.29) is 18.2 Å². The summed E-state index contributed by atoms with van der Waals surface area (Å²) in [6.07, 6.45) is 3.96. The average Bonchev–Trinajstić information content (AvgIpc) is 2.65. The van der Waals surface area contributed by atoms with E-state index in [0.717, 1.165) is 17.8 Å². The van der Waals surface area contributed by atoms with Crippen molar-refractivity contribution in [3.8, 4) is 0 Å². The summed E-state index contributed by atoms with van der Waals surface area (Å²) in [6.45, 7) is 8.51. The predicted molar refractivity (Wildman–Crippen MR) is 68.8 cm³/mol. The van der Waals surface area contributed by atoms with Gasteiger partial charge in [0.05, 0.1) is 11.6 Å². The highest BCUT2D eigenvalue weighted by molar-refractivity contribution is 7.11. The van der Waals surface area contributed by atoms with Crippen molar-refractivity contribution in [2.24, 2.45) is 0 Å². The molecule has 0 saturated carbocycles. The number of aliphatic hydroxyl groups is 1. The van der Waals surface area contributed by atoms with Gasteiger partial charge in [-0.15, -0.1) is 11.3 Å². The Morgan fingerprint density at radius 3 is 2.75 bits per heavy atom. The summed E-state index contributed by atoms with van der Waals surface area (Å²) < 4.78 is 0. The molecule has 92 valence electrons. The van der Waals surface area contributed by atoms with Crippen molar-refractivity contribution in [1.29, 1.82) is 0 Å². The van der Waals surface area contributed by atoms with Gasteiger partial charge in [-0.2, -0.15) is 0 Å². The van der Waals surface area contributed by atoms with Crippen molar-refractivity contribution in [2.75, 3.05) is 6.61 Å². The molecule has 0 aliphatic rings. The van der Waals surface area contributed by atoms with Crippen LogP contribution in [-0.4, -0.2) is 22.2 Å². The summed E-state index contributed by atoms with van der Waals surface area (Å²) in [4.78, 5) is 5.49. The topological polar surface area (TPSA) is 45.1 Å². The van der Waals surface area contributed by atoms with E-state index in [9.17, 15) is 5.11 Å². The minimum Gasteiger partial charge on any atom is -0.394 e. The molecule has 3 nitrogen and oxygen atoms in total. The zero-order chi connectivity index (χ0) is 12.2. The average molecular weight is 242 g/mol. The first kappa shape index (κ1) is 13.6.